The maximum atomic E-state index is 13.5. The summed E-state index contributed by atoms with van der Waals surface area (Å²) in [4.78, 5) is 26.0. The Morgan fingerprint density at radius 2 is 1.29 bits per heavy atom. The van der Waals surface area contributed by atoms with Gasteiger partial charge in [-0.1, -0.05) is 71.7 Å². The fourth-order valence-electron chi connectivity index (χ4n) is 5.03. The second-order valence-corrected chi connectivity index (χ2v) is 11.8. The van der Waals surface area contributed by atoms with E-state index in [1.807, 2.05) is 0 Å². The van der Waals surface area contributed by atoms with Crippen LogP contribution < -0.4 is 11.0 Å². The number of rotatable bonds is 10. The highest BCUT2D eigenvalue weighted by atomic mass is 35.5. The summed E-state index contributed by atoms with van der Waals surface area (Å²) in [6.07, 6.45) is -10.2. The number of nitrogens with zero attached hydrogens (tertiary/aromatic N) is 3. The van der Waals surface area contributed by atoms with E-state index in [1.165, 1.54) is 9.25 Å². The molecule has 0 fully saturated rings. The third kappa shape index (κ3) is 8.87. The number of halogens is 8. The molecule has 1 aromatic heterocycles. The zero-order chi connectivity index (χ0) is 34.6. The van der Waals surface area contributed by atoms with E-state index < -0.39 is 29.2 Å². The normalized spacial score (nSPS) is 11.9. The summed E-state index contributed by atoms with van der Waals surface area (Å²) in [6, 6.07) is 21.9. The predicted octanol–water partition coefficient (Wildman–Crippen LogP) is 8.45. The van der Waals surface area contributed by atoms with Gasteiger partial charge in [-0.15, -0.1) is 0 Å². The molecule has 1 amide bonds. The SMILES string of the molecule is O=C(Cc1ccc(Cl)c(Cl)c1)Nc1ccc(Cn2nc(CCc3cc(C(F)(F)F)cc(C(F)(F)F)c3)n(Cc3ccccc3)c2=O)cc1. The molecular weight excluding hydrogens is 681 g/mol. The number of carbonyl (C=O) groups is 1. The lowest BCUT2D eigenvalue weighted by molar-refractivity contribution is -0.143. The van der Waals surface area contributed by atoms with E-state index in [4.69, 9.17) is 23.2 Å². The van der Waals surface area contributed by atoms with Gasteiger partial charge in [0.15, 0.2) is 0 Å². The van der Waals surface area contributed by atoms with Crippen molar-refractivity contribution in [3.63, 3.8) is 0 Å². The smallest absolute Gasteiger partial charge is 0.326 e. The van der Waals surface area contributed by atoms with Gasteiger partial charge >= 0.3 is 18.0 Å². The van der Waals surface area contributed by atoms with Gasteiger partial charge in [-0.05, 0) is 71.1 Å². The van der Waals surface area contributed by atoms with Crippen LogP contribution >= 0.6 is 23.2 Å². The lowest BCUT2D eigenvalue weighted by atomic mass is 10.0. The van der Waals surface area contributed by atoms with Gasteiger partial charge in [-0.3, -0.25) is 9.36 Å². The van der Waals surface area contributed by atoms with E-state index in [0.29, 0.717) is 39.0 Å². The van der Waals surface area contributed by atoms with Gasteiger partial charge in [0, 0.05) is 12.1 Å². The number of nitrogens with one attached hydrogen (secondary N) is 1. The number of aryl methyl sites for hydroxylation is 2. The quantitative estimate of drug-likeness (QED) is 0.148. The first kappa shape index (κ1) is 34.8. The van der Waals surface area contributed by atoms with Crippen molar-refractivity contribution in [2.45, 2.75) is 44.7 Å². The van der Waals surface area contributed by atoms with Crippen LogP contribution in [0.25, 0.3) is 0 Å². The zero-order valence-electron chi connectivity index (χ0n) is 24.9. The molecule has 0 spiro atoms. The number of amides is 1. The molecule has 48 heavy (non-hydrogen) atoms. The minimum absolute atomic E-state index is 0.0207. The molecule has 5 aromatic rings. The Morgan fingerprint density at radius 1 is 0.688 bits per heavy atom. The Balaban J connectivity index is 1.35. The van der Waals surface area contributed by atoms with Crippen LogP contribution in [0.2, 0.25) is 10.0 Å². The van der Waals surface area contributed by atoms with Crippen LogP contribution in [0, 0.1) is 0 Å². The molecule has 0 radical (unpaired) electrons. The topological polar surface area (TPSA) is 68.9 Å². The molecule has 5 rings (SSSR count). The number of anilines is 1. The third-order valence-corrected chi connectivity index (χ3v) is 8.13. The Morgan fingerprint density at radius 3 is 1.90 bits per heavy atom. The number of benzene rings is 4. The summed E-state index contributed by atoms with van der Waals surface area (Å²) < 4.78 is 83.0. The summed E-state index contributed by atoms with van der Waals surface area (Å²) in [6.45, 7) is 0.113. The van der Waals surface area contributed by atoms with Gasteiger partial charge in [0.25, 0.3) is 0 Å². The molecule has 0 aliphatic rings. The summed E-state index contributed by atoms with van der Waals surface area (Å²) in [5, 5.41) is 7.92. The van der Waals surface area contributed by atoms with Crippen molar-refractivity contribution in [2.75, 3.05) is 5.32 Å². The molecule has 0 saturated carbocycles. The molecule has 250 valence electrons. The summed E-state index contributed by atoms with van der Waals surface area (Å²) >= 11 is 11.9. The monoisotopic (exact) mass is 706 g/mol. The standard InChI is InChI=1S/C34H26Cl2F6N4O2/c35-28-12-8-24(16-29(28)36)17-31(47)43-27-10-6-22(7-11-27)20-46-32(48)45(19-21-4-2-1-3-5-21)30(44-46)13-9-23-14-25(33(37,38)39)18-26(15-23)34(40,41)42/h1-8,10-12,14-16,18H,9,13,17,19-20H2,(H,43,47). The fraction of sp³-hybridized carbons (Fsp3) is 0.206. The number of hydrogen-bond donors (Lipinski definition) is 1. The first-order valence-corrected chi connectivity index (χ1v) is 15.2. The number of hydrogen-bond acceptors (Lipinski definition) is 3. The second-order valence-electron chi connectivity index (χ2n) is 11.0. The van der Waals surface area contributed by atoms with Gasteiger partial charge in [-0.25, -0.2) is 9.48 Å². The van der Waals surface area contributed by atoms with E-state index in [-0.39, 0.29) is 55.7 Å². The number of alkyl halides is 6. The molecule has 0 bridgehead atoms. The van der Waals surface area contributed by atoms with Gasteiger partial charge in [-0.2, -0.15) is 31.4 Å². The van der Waals surface area contributed by atoms with Crippen molar-refractivity contribution in [1.82, 2.24) is 14.3 Å². The minimum Gasteiger partial charge on any atom is -0.326 e. The van der Waals surface area contributed by atoms with Crippen LogP contribution in [0.15, 0.2) is 95.8 Å². The van der Waals surface area contributed by atoms with Crippen LogP contribution in [-0.4, -0.2) is 20.3 Å². The average molecular weight is 708 g/mol. The first-order valence-electron chi connectivity index (χ1n) is 14.5. The molecule has 4 aromatic carbocycles. The molecule has 14 heteroatoms. The van der Waals surface area contributed by atoms with Crippen molar-refractivity contribution in [3.8, 4) is 0 Å². The van der Waals surface area contributed by atoms with Crippen molar-refractivity contribution in [1.29, 1.82) is 0 Å². The van der Waals surface area contributed by atoms with E-state index in [2.05, 4.69) is 10.4 Å². The molecule has 1 N–H and O–H groups in total. The highest BCUT2D eigenvalue weighted by molar-refractivity contribution is 6.42. The van der Waals surface area contributed by atoms with E-state index in [1.54, 1.807) is 72.8 Å². The van der Waals surface area contributed by atoms with Crippen molar-refractivity contribution in [2.24, 2.45) is 0 Å². The minimum atomic E-state index is -4.98. The third-order valence-electron chi connectivity index (χ3n) is 7.39. The van der Waals surface area contributed by atoms with E-state index in [0.717, 1.165) is 5.56 Å². The molecule has 0 atom stereocenters. The largest absolute Gasteiger partial charge is 0.416 e. The molecule has 1 heterocycles. The Labute approximate surface area is 280 Å². The summed E-state index contributed by atoms with van der Waals surface area (Å²) in [5.74, 6) is -0.0919. The van der Waals surface area contributed by atoms with E-state index in [9.17, 15) is 35.9 Å². The lowest BCUT2D eigenvalue weighted by Crippen LogP contribution is -2.26. The molecule has 0 saturated heterocycles. The highest BCUT2D eigenvalue weighted by Gasteiger charge is 2.36. The van der Waals surface area contributed by atoms with Gasteiger partial charge in [0.1, 0.15) is 5.82 Å². The summed E-state index contributed by atoms with van der Waals surface area (Å²) in [5.41, 5.74) is -0.931. The molecule has 0 unspecified atom stereocenters. The second kappa shape index (κ2) is 14.3. The highest BCUT2D eigenvalue weighted by Crippen LogP contribution is 2.36. The van der Waals surface area contributed by atoms with Crippen LogP contribution in [-0.2, 0) is 49.5 Å². The first-order chi connectivity index (χ1) is 22.7. The Hall–Kier alpha value is -4.55. The van der Waals surface area contributed by atoms with Gasteiger partial charge in [0.2, 0.25) is 5.91 Å². The van der Waals surface area contributed by atoms with Crippen LogP contribution in [0.4, 0.5) is 32.0 Å². The van der Waals surface area contributed by atoms with Gasteiger partial charge < -0.3 is 5.32 Å². The summed E-state index contributed by atoms with van der Waals surface area (Å²) in [7, 11) is 0. The Kier molecular flexibility index (Phi) is 10.4. The number of aromatic nitrogens is 3. The van der Waals surface area contributed by atoms with Crippen LogP contribution in [0.5, 0.6) is 0 Å². The van der Waals surface area contributed by atoms with Crippen LogP contribution in [0.3, 0.4) is 0 Å². The van der Waals surface area contributed by atoms with Crippen molar-refractivity contribution >= 4 is 34.8 Å². The molecule has 0 aliphatic carbocycles. The maximum absolute atomic E-state index is 13.5. The maximum Gasteiger partial charge on any atom is 0.416 e. The zero-order valence-corrected chi connectivity index (χ0v) is 26.4. The molecular formula is C34H26Cl2F6N4O2. The molecule has 6 nitrogen and oxygen atoms in total. The van der Waals surface area contributed by atoms with Crippen molar-refractivity contribution in [3.05, 3.63) is 151 Å². The lowest BCUT2D eigenvalue weighted by Gasteiger charge is -2.14. The predicted molar refractivity (Wildman–Crippen MR) is 170 cm³/mol. The van der Waals surface area contributed by atoms with E-state index >= 15 is 0 Å². The molecule has 0 aliphatic heterocycles. The fourth-order valence-corrected chi connectivity index (χ4v) is 5.35. The Bertz CT molecular complexity index is 1940. The van der Waals surface area contributed by atoms with Crippen molar-refractivity contribution < 1.29 is 31.1 Å². The average Bonchev–Trinajstić information content (AvgIpc) is 3.31. The van der Waals surface area contributed by atoms with Gasteiger partial charge in [0.05, 0.1) is 40.7 Å². The number of carbonyl (C=O) groups excluding carboxylic acids is 1. The van der Waals surface area contributed by atoms with Crippen LogP contribution in [0.1, 0.15) is 39.2 Å².